The van der Waals surface area contributed by atoms with Crippen molar-refractivity contribution in [3.63, 3.8) is 0 Å². The van der Waals surface area contributed by atoms with E-state index < -0.39 is 0 Å². The van der Waals surface area contributed by atoms with E-state index in [1.807, 2.05) is 23.4 Å². The minimum absolute atomic E-state index is 0.145. The van der Waals surface area contributed by atoms with Crippen LogP contribution in [0.15, 0.2) is 11.4 Å². The predicted octanol–water partition coefficient (Wildman–Crippen LogP) is 2.60. The average molecular weight is 290 g/mol. The number of carbonyl (C=O) groups is 1. The molecule has 1 aliphatic rings. The van der Waals surface area contributed by atoms with E-state index in [0.717, 1.165) is 18.4 Å². The van der Waals surface area contributed by atoms with Gasteiger partial charge >= 0.3 is 0 Å². The molecule has 2 rings (SSSR count). The van der Waals surface area contributed by atoms with E-state index in [4.69, 9.17) is 5.73 Å². The Kier molecular flexibility index (Phi) is 4.85. The molecule has 4 heteroatoms. The van der Waals surface area contributed by atoms with Gasteiger partial charge in [0.1, 0.15) is 0 Å². The standard InChI is InChI=1S/C16H22N2OS/c1-16(7-3-4-8-16)15(19)18(2)11-14-10-13(12-20-14)6-5-9-17/h10,12H,3-4,7-9,11,17H2,1-2H3. The van der Waals surface area contributed by atoms with Gasteiger partial charge in [-0.05, 0) is 18.9 Å². The third-order valence-electron chi connectivity index (χ3n) is 3.95. The van der Waals surface area contributed by atoms with Crippen molar-refractivity contribution in [1.82, 2.24) is 4.90 Å². The van der Waals surface area contributed by atoms with E-state index >= 15 is 0 Å². The van der Waals surface area contributed by atoms with Gasteiger partial charge in [0.2, 0.25) is 5.91 Å². The fourth-order valence-corrected chi connectivity index (χ4v) is 3.69. The number of thiophene rings is 1. The highest BCUT2D eigenvalue weighted by atomic mass is 32.1. The second kappa shape index (κ2) is 6.43. The third-order valence-corrected chi connectivity index (χ3v) is 4.87. The number of rotatable bonds is 3. The molecular weight excluding hydrogens is 268 g/mol. The summed E-state index contributed by atoms with van der Waals surface area (Å²) in [6, 6.07) is 2.05. The zero-order valence-electron chi connectivity index (χ0n) is 12.2. The van der Waals surface area contributed by atoms with Gasteiger partial charge in [0.25, 0.3) is 0 Å². The Labute approximate surface area is 125 Å². The number of hydrogen-bond acceptors (Lipinski definition) is 3. The predicted molar refractivity (Wildman–Crippen MR) is 83.3 cm³/mol. The summed E-state index contributed by atoms with van der Waals surface area (Å²) in [7, 11) is 1.90. The number of nitrogens with two attached hydrogens (primary N) is 1. The zero-order valence-corrected chi connectivity index (χ0v) is 13.1. The smallest absolute Gasteiger partial charge is 0.228 e. The SMILES string of the molecule is CN(Cc1cc(C#CCN)cs1)C(=O)C1(C)CCCC1. The van der Waals surface area contributed by atoms with Crippen LogP contribution < -0.4 is 5.73 Å². The van der Waals surface area contributed by atoms with Crippen molar-refractivity contribution in [3.05, 3.63) is 21.9 Å². The molecule has 1 saturated carbocycles. The van der Waals surface area contributed by atoms with Crippen molar-refractivity contribution >= 4 is 17.2 Å². The van der Waals surface area contributed by atoms with Crippen LogP contribution in [0.1, 0.15) is 43.0 Å². The van der Waals surface area contributed by atoms with E-state index in [1.54, 1.807) is 11.3 Å². The number of nitrogens with zero attached hydrogens (tertiary/aromatic N) is 1. The maximum absolute atomic E-state index is 12.5. The number of amides is 1. The molecule has 0 unspecified atom stereocenters. The van der Waals surface area contributed by atoms with Crippen LogP contribution in [-0.4, -0.2) is 24.4 Å². The second-order valence-electron chi connectivity index (χ2n) is 5.74. The molecule has 1 aromatic rings. The van der Waals surface area contributed by atoms with E-state index in [2.05, 4.69) is 18.8 Å². The highest BCUT2D eigenvalue weighted by molar-refractivity contribution is 7.10. The van der Waals surface area contributed by atoms with Crippen LogP contribution in [0.5, 0.6) is 0 Å². The molecule has 1 aliphatic carbocycles. The Hall–Kier alpha value is -1.31. The molecule has 0 aromatic carbocycles. The van der Waals surface area contributed by atoms with Crippen LogP contribution in [0, 0.1) is 17.3 Å². The summed E-state index contributed by atoms with van der Waals surface area (Å²) in [6.45, 7) is 3.15. The Balaban J connectivity index is 1.98. The first-order valence-electron chi connectivity index (χ1n) is 7.07. The summed E-state index contributed by atoms with van der Waals surface area (Å²) in [5, 5.41) is 2.02. The number of carbonyl (C=O) groups excluding carboxylic acids is 1. The van der Waals surface area contributed by atoms with Crippen LogP contribution in [0.25, 0.3) is 0 Å². The largest absolute Gasteiger partial charge is 0.340 e. The lowest BCUT2D eigenvalue weighted by Gasteiger charge is -2.28. The second-order valence-corrected chi connectivity index (χ2v) is 6.73. The molecule has 0 atom stereocenters. The first kappa shape index (κ1) is 15.1. The first-order valence-corrected chi connectivity index (χ1v) is 7.95. The van der Waals surface area contributed by atoms with Crippen LogP contribution in [0.2, 0.25) is 0 Å². The highest BCUT2D eigenvalue weighted by Crippen LogP contribution is 2.39. The molecule has 3 nitrogen and oxygen atoms in total. The summed E-state index contributed by atoms with van der Waals surface area (Å²) in [4.78, 5) is 15.6. The van der Waals surface area contributed by atoms with E-state index in [1.165, 1.54) is 17.7 Å². The van der Waals surface area contributed by atoms with E-state index in [0.29, 0.717) is 13.1 Å². The van der Waals surface area contributed by atoms with Gasteiger partial charge in [-0.15, -0.1) is 11.3 Å². The summed E-state index contributed by atoms with van der Waals surface area (Å²) in [5.74, 6) is 6.15. The molecular formula is C16H22N2OS. The van der Waals surface area contributed by atoms with Crippen molar-refractivity contribution in [3.8, 4) is 11.8 Å². The van der Waals surface area contributed by atoms with Gasteiger partial charge in [0.15, 0.2) is 0 Å². The van der Waals surface area contributed by atoms with Crippen molar-refractivity contribution in [2.24, 2.45) is 11.1 Å². The fraction of sp³-hybridized carbons (Fsp3) is 0.562. The summed E-state index contributed by atoms with van der Waals surface area (Å²) in [5.41, 5.74) is 6.21. The summed E-state index contributed by atoms with van der Waals surface area (Å²) >= 11 is 1.65. The van der Waals surface area contributed by atoms with Crippen molar-refractivity contribution in [1.29, 1.82) is 0 Å². The lowest BCUT2D eigenvalue weighted by molar-refractivity contribution is -0.140. The molecule has 1 heterocycles. The van der Waals surface area contributed by atoms with Gasteiger partial charge < -0.3 is 10.6 Å². The molecule has 108 valence electrons. The lowest BCUT2D eigenvalue weighted by Crippen LogP contribution is -2.38. The Bertz CT molecular complexity index is 532. The van der Waals surface area contributed by atoms with Gasteiger partial charge in [0, 0.05) is 28.3 Å². The molecule has 1 fully saturated rings. The van der Waals surface area contributed by atoms with Gasteiger partial charge in [-0.25, -0.2) is 0 Å². The molecule has 0 bridgehead atoms. The molecule has 1 amide bonds. The van der Waals surface area contributed by atoms with E-state index in [-0.39, 0.29) is 11.3 Å². The third kappa shape index (κ3) is 3.41. The lowest BCUT2D eigenvalue weighted by atomic mass is 9.87. The first-order chi connectivity index (χ1) is 9.55. The highest BCUT2D eigenvalue weighted by Gasteiger charge is 2.38. The minimum Gasteiger partial charge on any atom is -0.340 e. The fourth-order valence-electron chi connectivity index (χ4n) is 2.82. The van der Waals surface area contributed by atoms with Crippen molar-refractivity contribution < 1.29 is 4.79 Å². The topological polar surface area (TPSA) is 46.3 Å². The summed E-state index contributed by atoms with van der Waals surface area (Å²) < 4.78 is 0. The normalized spacial score (nSPS) is 16.6. The van der Waals surface area contributed by atoms with Gasteiger partial charge in [0.05, 0.1) is 13.1 Å². The van der Waals surface area contributed by atoms with Crippen molar-refractivity contribution in [2.45, 2.75) is 39.2 Å². The maximum Gasteiger partial charge on any atom is 0.228 e. The quantitative estimate of drug-likeness (QED) is 0.870. The molecule has 0 spiro atoms. The summed E-state index contributed by atoms with van der Waals surface area (Å²) in [6.07, 6.45) is 4.39. The Morgan fingerprint density at radius 3 is 2.85 bits per heavy atom. The van der Waals surface area contributed by atoms with Crippen molar-refractivity contribution in [2.75, 3.05) is 13.6 Å². The minimum atomic E-state index is -0.145. The zero-order chi connectivity index (χ0) is 14.6. The van der Waals surface area contributed by atoms with Gasteiger partial charge in [-0.1, -0.05) is 31.6 Å². The Morgan fingerprint density at radius 1 is 1.50 bits per heavy atom. The monoisotopic (exact) mass is 290 g/mol. The molecule has 0 saturated heterocycles. The number of hydrogen-bond donors (Lipinski definition) is 1. The maximum atomic E-state index is 12.5. The van der Waals surface area contributed by atoms with Gasteiger partial charge in [-0.3, -0.25) is 4.79 Å². The molecule has 20 heavy (non-hydrogen) atoms. The van der Waals surface area contributed by atoms with E-state index in [9.17, 15) is 4.79 Å². The van der Waals surface area contributed by atoms with Crippen LogP contribution in [0.4, 0.5) is 0 Å². The molecule has 0 radical (unpaired) electrons. The van der Waals surface area contributed by atoms with Crippen LogP contribution >= 0.6 is 11.3 Å². The molecule has 0 aliphatic heterocycles. The van der Waals surface area contributed by atoms with Gasteiger partial charge in [-0.2, -0.15) is 0 Å². The Morgan fingerprint density at radius 2 is 2.20 bits per heavy atom. The van der Waals surface area contributed by atoms with Crippen LogP contribution in [-0.2, 0) is 11.3 Å². The molecule has 1 aromatic heterocycles. The average Bonchev–Trinajstić information content (AvgIpc) is 3.05. The van der Waals surface area contributed by atoms with Crippen LogP contribution in [0.3, 0.4) is 0 Å². The molecule has 2 N–H and O–H groups in total.